The highest BCUT2D eigenvalue weighted by Crippen LogP contribution is 2.19. The second-order valence-corrected chi connectivity index (χ2v) is 27.7. The Morgan fingerprint density at radius 1 is 0.337 bits per heavy atom. The average molecular weight is 1250 g/mol. The smallest absolute Gasteiger partial charge is 0.361 e. The van der Waals surface area contributed by atoms with Gasteiger partial charge in [0.15, 0.2) is 6.10 Å². The summed E-state index contributed by atoms with van der Waals surface area (Å²) in [5.41, 5.74) is 0. The molecule has 1 N–H and O–H groups in total. The SMILES string of the molecule is CCCCCCC/C=C\C/C=C\CCCCCCCCCCCCCCCCCCCCCCCC(=O)OC(COC(=O)CCCCCCCCCCCCCCCCCCCCC/C=C\C/C=C\CCCCCCC)COC(OCC[N+](C)(C)C)C(=O)O. The average Bonchev–Trinajstić information content (AvgIpc) is 3.64. The molecule has 0 aliphatic carbocycles. The molecule has 0 saturated heterocycles. The summed E-state index contributed by atoms with van der Waals surface area (Å²) in [6.07, 6.45) is 89.7. The zero-order valence-electron chi connectivity index (χ0n) is 59.9. The van der Waals surface area contributed by atoms with E-state index in [1.165, 1.54) is 308 Å². The van der Waals surface area contributed by atoms with Crippen LogP contribution in [0.1, 0.15) is 386 Å². The molecule has 0 spiro atoms. The van der Waals surface area contributed by atoms with E-state index in [1.54, 1.807) is 0 Å². The Morgan fingerprint density at radius 2 is 0.607 bits per heavy atom. The quantitative estimate of drug-likeness (QED) is 0.0211. The Balaban J connectivity index is 4.00. The molecule has 0 fully saturated rings. The molecule has 0 aromatic carbocycles. The van der Waals surface area contributed by atoms with E-state index in [-0.39, 0.29) is 38.2 Å². The Kier molecular flexibility index (Phi) is 68.9. The summed E-state index contributed by atoms with van der Waals surface area (Å²) in [6, 6.07) is 0. The molecular weight excluding hydrogens is 1100 g/mol. The van der Waals surface area contributed by atoms with Crippen molar-refractivity contribution in [3.63, 3.8) is 0 Å². The van der Waals surface area contributed by atoms with Gasteiger partial charge < -0.3 is 28.5 Å². The van der Waals surface area contributed by atoms with Crippen molar-refractivity contribution < 1.29 is 42.9 Å². The van der Waals surface area contributed by atoms with Crippen LogP contribution in [-0.2, 0) is 33.3 Å². The zero-order chi connectivity index (χ0) is 64.7. The summed E-state index contributed by atoms with van der Waals surface area (Å²) in [6.45, 7) is 4.93. The van der Waals surface area contributed by atoms with Gasteiger partial charge in [-0.05, 0) is 77.0 Å². The molecule has 0 aliphatic heterocycles. The van der Waals surface area contributed by atoms with Gasteiger partial charge in [-0.3, -0.25) is 9.59 Å². The molecule has 0 aromatic rings. The van der Waals surface area contributed by atoms with Gasteiger partial charge in [-0.15, -0.1) is 0 Å². The van der Waals surface area contributed by atoms with Gasteiger partial charge in [0.25, 0.3) is 6.29 Å². The van der Waals surface area contributed by atoms with Gasteiger partial charge in [-0.2, -0.15) is 0 Å². The fourth-order valence-electron chi connectivity index (χ4n) is 11.6. The Labute approximate surface area is 553 Å². The number of hydrogen-bond donors (Lipinski definition) is 1. The van der Waals surface area contributed by atoms with Gasteiger partial charge in [0.1, 0.15) is 13.2 Å². The molecule has 522 valence electrons. The second-order valence-electron chi connectivity index (χ2n) is 27.7. The molecule has 0 aliphatic rings. The van der Waals surface area contributed by atoms with Gasteiger partial charge in [-0.25, -0.2) is 4.79 Å². The first-order valence-electron chi connectivity index (χ1n) is 38.8. The number of rotatable bonds is 73. The summed E-state index contributed by atoms with van der Waals surface area (Å²) in [5.74, 6) is -1.97. The number of quaternary nitrogens is 1. The molecule has 0 amide bonds. The fraction of sp³-hybridized carbons (Fsp3) is 0.863. The van der Waals surface area contributed by atoms with E-state index in [0.717, 1.165) is 51.4 Å². The summed E-state index contributed by atoms with van der Waals surface area (Å²) < 4.78 is 23.1. The molecule has 0 rings (SSSR count). The minimum absolute atomic E-state index is 0.177. The maximum atomic E-state index is 13.0. The molecule has 0 aromatic heterocycles. The molecule has 0 bridgehead atoms. The van der Waals surface area contributed by atoms with Crippen LogP contribution in [0.2, 0.25) is 0 Å². The van der Waals surface area contributed by atoms with Crippen molar-refractivity contribution in [3.8, 4) is 0 Å². The highest BCUT2D eigenvalue weighted by atomic mass is 16.7. The molecular formula is C80H150NO8+. The van der Waals surface area contributed by atoms with E-state index in [4.69, 9.17) is 18.9 Å². The van der Waals surface area contributed by atoms with Crippen LogP contribution in [0.25, 0.3) is 0 Å². The highest BCUT2D eigenvalue weighted by molar-refractivity contribution is 5.71. The number of carbonyl (C=O) groups is 3. The highest BCUT2D eigenvalue weighted by Gasteiger charge is 2.25. The minimum atomic E-state index is -1.51. The number of ether oxygens (including phenoxy) is 4. The van der Waals surface area contributed by atoms with E-state index in [0.29, 0.717) is 17.4 Å². The van der Waals surface area contributed by atoms with Gasteiger partial charge in [0.2, 0.25) is 0 Å². The maximum Gasteiger partial charge on any atom is 0.361 e. The number of aliphatic carboxylic acids is 1. The number of hydrogen-bond acceptors (Lipinski definition) is 7. The molecule has 9 nitrogen and oxygen atoms in total. The van der Waals surface area contributed by atoms with Gasteiger partial charge in [0.05, 0.1) is 34.4 Å². The minimum Gasteiger partial charge on any atom is -0.477 e. The number of likely N-dealkylation sites (N-methyl/N-ethyl adjacent to an activating group) is 1. The molecule has 0 heterocycles. The Hall–Kier alpha value is -2.75. The summed E-state index contributed by atoms with van der Waals surface area (Å²) in [7, 11) is 6.00. The van der Waals surface area contributed by atoms with Gasteiger partial charge >= 0.3 is 17.9 Å². The second kappa shape index (κ2) is 71.1. The van der Waals surface area contributed by atoms with E-state index < -0.39 is 18.4 Å². The molecule has 89 heavy (non-hydrogen) atoms. The summed E-state index contributed by atoms with van der Waals surface area (Å²) in [5, 5.41) is 9.77. The van der Waals surface area contributed by atoms with Crippen molar-refractivity contribution in [3.05, 3.63) is 48.6 Å². The largest absolute Gasteiger partial charge is 0.477 e. The third-order valence-electron chi connectivity index (χ3n) is 17.6. The molecule has 2 unspecified atom stereocenters. The lowest BCUT2D eigenvalue weighted by Gasteiger charge is -2.25. The number of nitrogens with zero attached hydrogens (tertiary/aromatic N) is 1. The van der Waals surface area contributed by atoms with Gasteiger partial charge in [-0.1, -0.05) is 345 Å². The first-order chi connectivity index (χ1) is 43.6. The standard InChI is InChI=1S/C80H149NO8/c1-6-8-10-12-14-16-18-20-22-24-26-28-30-32-34-36-38-39-41-43-45-47-49-51-53-55-57-59-61-63-65-67-69-71-78(83)89-76(75-88-80(79(84)85)86-73-72-81(3,4)5)74-87-77(82)70-68-66-64-62-60-58-56-54-52-50-48-46-44-42-40-37-35-33-31-29-27-25-23-21-19-17-15-13-11-9-7-2/h18-21,24-27,76,80H,6-17,22-23,28-75H2,1-5H3/p+1/b20-18-,21-19-,26-24-,27-25-. The molecule has 0 saturated carbocycles. The van der Waals surface area contributed by atoms with Crippen LogP contribution >= 0.6 is 0 Å². The van der Waals surface area contributed by atoms with Crippen molar-refractivity contribution in [2.45, 2.75) is 399 Å². The van der Waals surface area contributed by atoms with Crippen LogP contribution in [0, 0.1) is 0 Å². The number of carboxylic acids is 1. The van der Waals surface area contributed by atoms with Crippen LogP contribution in [0.15, 0.2) is 48.6 Å². The van der Waals surface area contributed by atoms with E-state index in [9.17, 15) is 19.5 Å². The third-order valence-corrected chi connectivity index (χ3v) is 17.6. The number of carboxylic acid groups (broad SMARTS) is 1. The van der Waals surface area contributed by atoms with E-state index in [1.807, 2.05) is 21.1 Å². The summed E-state index contributed by atoms with van der Waals surface area (Å²) >= 11 is 0. The maximum absolute atomic E-state index is 13.0. The molecule has 9 heteroatoms. The van der Waals surface area contributed by atoms with Crippen LogP contribution in [0.3, 0.4) is 0 Å². The number of unbranched alkanes of at least 4 members (excludes halogenated alkanes) is 50. The number of allylic oxidation sites excluding steroid dienone is 8. The Morgan fingerprint density at radius 3 is 0.888 bits per heavy atom. The van der Waals surface area contributed by atoms with E-state index >= 15 is 0 Å². The first-order valence-corrected chi connectivity index (χ1v) is 38.8. The summed E-state index contributed by atoms with van der Waals surface area (Å²) in [4.78, 5) is 37.7. The molecule has 2 atom stereocenters. The third kappa shape index (κ3) is 72.5. The number of esters is 2. The predicted octanol–water partition coefficient (Wildman–Crippen LogP) is 24.5. The van der Waals surface area contributed by atoms with Crippen molar-refractivity contribution in [2.75, 3.05) is 47.5 Å². The van der Waals surface area contributed by atoms with Crippen LogP contribution in [0.5, 0.6) is 0 Å². The van der Waals surface area contributed by atoms with Gasteiger partial charge in [0, 0.05) is 12.8 Å². The zero-order valence-corrected chi connectivity index (χ0v) is 59.9. The topological polar surface area (TPSA) is 108 Å². The van der Waals surface area contributed by atoms with Crippen LogP contribution in [-0.4, -0.2) is 87.4 Å². The normalized spacial score (nSPS) is 12.9. The monoisotopic (exact) mass is 1250 g/mol. The lowest BCUT2D eigenvalue weighted by Crippen LogP contribution is -2.40. The van der Waals surface area contributed by atoms with Crippen molar-refractivity contribution >= 4 is 17.9 Å². The first kappa shape index (κ1) is 86.2. The molecule has 0 radical (unpaired) electrons. The van der Waals surface area contributed by atoms with Crippen LogP contribution in [0.4, 0.5) is 0 Å². The fourth-order valence-corrected chi connectivity index (χ4v) is 11.6. The van der Waals surface area contributed by atoms with Crippen molar-refractivity contribution in [1.82, 2.24) is 0 Å². The van der Waals surface area contributed by atoms with Crippen LogP contribution < -0.4 is 0 Å². The predicted molar refractivity (Wildman–Crippen MR) is 383 cm³/mol. The lowest BCUT2D eigenvalue weighted by molar-refractivity contribution is -0.870. The van der Waals surface area contributed by atoms with Crippen molar-refractivity contribution in [1.29, 1.82) is 0 Å². The number of carbonyl (C=O) groups excluding carboxylic acids is 2. The Bertz CT molecular complexity index is 1600. The van der Waals surface area contributed by atoms with E-state index in [2.05, 4.69) is 62.5 Å². The van der Waals surface area contributed by atoms with Crippen molar-refractivity contribution in [2.24, 2.45) is 0 Å². The lowest BCUT2D eigenvalue weighted by atomic mass is 10.0.